The molecule has 8 heteroatoms. The molecule has 1 aromatic rings. The summed E-state index contributed by atoms with van der Waals surface area (Å²) in [4.78, 5) is 22.3. The van der Waals surface area contributed by atoms with E-state index in [1.807, 2.05) is 0 Å². The highest BCUT2D eigenvalue weighted by Gasteiger charge is 2.48. The first-order valence-corrected chi connectivity index (χ1v) is 5.97. The highest BCUT2D eigenvalue weighted by Crippen LogP contribution is 2.40. The Labute approximate surface area is 116 Å². The van der Waals surface area contributed by atoms with Crippen molar-refractivity contribution in [3.8, 4) is 0 Å². The van der Waals surface area contributed by atoms with E-state index in [1.165, 1.54) is 6.07 Å². The lowest BCUT2D eigenvalue weighted by atomic mass is 10.2. The lowest BCUT2D eigenvalue weighted by Gasteiger charge is -2.10. The second kappa shape index (κ2) is 4.97. The predicted molar refractivity (Wildman–Crippen MR) is 64.3 cm³/mol. The summed E-state index contributed by atoms with van der Waals surface area (Å²) in [6.45, 7) is 0. The zero-order chi connectivity index (χ0) is 15.1. The molecule has 0 heterocycles. The van der Waals surface area contributed by atoms with Crippen LogP contribution in [-0.2, 0) is 15.8 Å². The Balaban J connectivity index is 2.12. The Kier molecular flexibility index (Phi) is 3.64. The molecule has 0 spiro atoms. The van der Waals surface area contributed by atoms with Crippen molar-refractivity contribution in [3.05, 3.63) is 28.8 Å². The maximum atomic E-state index is 12.6. The summed E-state index contributed by atoms with van der Waals surface area (Å²) >= 11 is 5.57. The van der Waals surface area contributed by atoms with Crippen molar-refractivity contribution in [1.82, 2.24) is 0 Å². The molecule has 0 aliphatic heterocycles. The Hall–Kier alpha value is -1.76. The Morgan fingerprint density at radius 1 is 1.25 bits per heavy atom. The van der Waals surface area contributed by atoms with Crippen molar-refractivity contribution in [1.29, 1.82) is 0 Å². The molecule has 0 aromatic heterocycles. The second-order valence-electron chi connectivity index (χ2n) is 4.50. The molecule has 2 N–H and O–H groups in total. The standard InChI is InChI=1S/C12H9ClF3NO3/c13-6-1-5(12(14,15)16)2-7(3-6)17-10(18)8-4-9(8)11(19)20/h1-3,8-9H,4H2,(H,17,18)(H,19,20)/t8-,9+/m1/s1. The number of hydrogen-bond donors (Lipinski definition) is 2. The second-order valence-corrected chi connectivity index (χ2v) is 4.94. The monoisotopic (exact) mass is 307 g/mol. The van der Waals surface area contributed by atoms with Crippen molar-refractivity contribution in [2.75, 3.05) is 5.32 Å². The van der Waals surface area contributed by atoms with Gasteiger partial charge in [-0.3, -0.25) is 9.59 Å². The van der Waals surface area contributed by atoms with Gasteiger partial charge in [-0.2, -0.15) is 13.2 Å². The smallest absolute Gasteiger partial charge is 0.416 e. The number of alkyl halides is 3. The third-order valence-electron chi connectivity index (χ3n) is 2.94. The van der Waals surface area contributed by atoms with E-state index < -0.39 is 35.5 Å². The number of carbonyl (C=O) groups excluding carboxylic acids is 1. The molecule has 1 aromatic carbocycles. The quantitative estimate of drug-likeness (QED) is 0.902. The summed E-state index contributed by atoms with van der Waals surface area (Å²) in [5.74, 6) is -3.18. The van der Waals surface area contributed by atoms with E-state index in [-0.39, 0.29) is 17.1 Å². The van der Waals surface area contributed by atoms with Gasteiger partial charge in [0.2, 0.25) is 5.91 Å². The van der Waals surface area contributed by atoms with E-state index in [2.05, 4.69) is 5.32 Å². The van der Waals surface area contributed by atoms with Gasteiger partial charge in [0.1, 0.15) is 0 Å². The number of benzene rings is 1. The number of hydrogen-bond acceptors (Lipinski definition) is 2. The molecule has 0 unspecified atom stereocenters. The van der Waals surface area contributed by atoms with Crippen LogP contribution in [0.5, 0.6) is 0 Å². The third-order valence-corrected chi connectivity index (χ3v) is 3.16. The van der Waals surface area contributed by atoms with Crippen molar-refractivity contribution in [2.24, 2.45) is 11.8 Å². The molecule has 1 amide bonds. The summed E-state index contributed by atoms with van der Waals surface area (Å²) in [6, 6.07) is 2.67. The van der Waals surface area contributed by atoms with Crippen LogP contribution >= 0.6 is 11.6 Å². The molecule has 0 bridgehead atoms. The fourth-order valence-electron chi connectivity index (χ4n) is 1.82. The van der Waals surface area contributed by atoms with Crippen molar-refractivity contribution >= 4 is 29.2 Å². The minimum atomic E-state index is -4.58. The van der Waals surface area contributed by atoms with Gasteiger partial charge in [0.15, 0.2) is 0 Å². The van der Waals surface area contributed by atoms with Crippen LogP contribution < -0.4 is 5.32 Å². The number of amides is 1. The molecule has 0 radical (unpaired) electrons. The third kappa shape index (κ3) is 3.22. The van der Waals surface area contributed by atoms with Gasteiger partial charge >= 0.3 is 12.1 Å². The predicted octanol–water partition coefficient (Wildman–Crippen LogP) is 3.02. The first-order chi connectivity index (χ1) is 9.18. The summed E-state index contributed by atoms with van der Waals surface area (Å²) in [5.41, 5.74) is -1.09. The number of carboxylic acids is 1. The molecule has 1 fully saturated rings. The molecular formula is C12H9ClF3NO3. The number of nitrogens with one attached hydrogen (secondary N) is 1. The Bertz CT molecular complexity index is 574. The first-order valence-electron chi connectivity index (χ1n) is 5.60. The average Bonchev–Trinajstić information content (AvgIpc) is 3.06. The number of carboxylic acid groups (broad SMARTS) is 1. The maximum Gasteiger partial charge on any atom is 0.416 e. The fraction of sp³-hybridized carbons (Fsp3) is 0.333. The zero-order valence-corrected chi connectivity index (χ0v) is 10.6. The molecule has 20 heavy (non-hydrogen) atoms. The number of anilines is 1. The van der Waals surface area contributed by atoms with Crippen LogP contribution in [0.2, 0.25) is 5.02 Å². The lowest BCUT2D eigenvalue weighted by molar-refractivity contribution is -0.139. The van der Waals surface area contributed by atoms with Crippen LogP contribution in [0, 0.1) is 11.8 Å². The summed E-state index contributed by atoms with van der Waals surface area (Å²) in [7, 11) is 0. The summed E-state index contributed by atoms with van der Waals surface area (Å²) in [6.07, 6.45) is -4.39. The van der Waals surface area contributed by atoms with Gasteiger partial charge < -0.3 is 10.4 Å². The zero-order valence-electron chi connectivity index (χ0n) is 9.87. The lowest BCUT2D eigenvalue weighted by Crippen LogP contribution is -2.17. The summed E-state index contributed by atoms with van der Waals surface area (Å²) in [5, 5.41) is 10.8. The van der Waals surface area contributed by atoms with Gasteiger partial charge in [-0.05, 0) is 24.6 Å². The number of rotatable bonds is 3. The van der Waals surface area contributed by atoms with E-state index in [9.17, 15) is 22.8 Å². The summed E-state index contributed by atoms with van der Waals surface area (Å²) < 4.78 is 37.7. The van der Waals surface area contributed by atoms with Crippen LogP contribution in [0.4, 0.5) is 18.9 Å². The molecule has 1 aliphatic carbocycles. The van der Waals surface area contributed by atoms with Crippen molar-refractivity contribution in [3.63, 3.8) is 0 Å². The van der Waals surface area contributed by atoms with Crippen molar-refractivity contribution in [2.45, 2.75) is 12.6 Å². The maximum absolute atomic E-state index is 12.6. The Morgan fingerprint density at radius 3 is 2.40 bits per heavy atom. The van der Waals surface area contributed by atoms with Crippen LogP contribution in [0.25, 0.3) is 0 Å². The van der Waals surface area contributed by atoms with E-state index in [0.717, 1.165) is 12.1 Å². The largest absolute Gasteiger partial charge is 0.481 e. The number of carbonyl (C=O) groups is 2. The molecular weight excluding hydrogens is 299 g/mol. The van der Waals surface area contributed by atoms with Crippen LogP contribution in [0.15, 0.2) is 18.2 Å². The molecule has 2 rings (SSSR count). The highest BCUT2D eigenvalue weighted by molar-refractivity contribution is 6.31. The van der Waals surface area contributed by atoms with Crippen LogP contribution in [-0.4, -0.2) is 17.0 Å². The minimum Gasteiger partial charge on any atom is -0.481 e. The number of halogens is 4. The van der Waals surface area contributed by atoms with Gasteiger partial charge in [-0.25, -0.2) is 0 Å². The molecule has 4 nitrogen and oxygen atoms in total. The molecule has 2 atom stereocenters. The highest BCUT2D eigenvalue weighted by atomic mass is 35.5. The minimum absolute atomic E-state index is 0.106. The fourth-order valence-corrected chi connectivity index (χ4v) is 2.05. The van der Waals surface area contributed by atoms with E-state index >= 15 is 0 Å². The van der Waals surface area contributed by atoms with E-state index in [0.29, 0.717) is 0 Å². The van der Waals surface area contributed by atoms with Gasteiger partial charge in [-0.15, -0.1) is 0 Å². The van der Waals surface area contributed by atoms with Gasteiger partial charge in [0.25, 0.3) is 0 Å². The van der Waals surface area contributed by atoms with Crippen LogP contribution in [0.1, 0.15) is 12.0 Å². The Morgan fingerprint density at radius 2 is 1.90 bits per heavy atom. The van der Waals surface area contributed by atoms with E-state index in [1.54, 1.807) is 0 Å². The molecule has 108 valence electrons. The molecule has 1 aliphatic rings. The van der Waals surface area contributed by atoms with Gasteiger partial charge in [0.05, 0.1) is 17.4 Å². The number of aliphatic carboxylic acids is 1. The van der Waals surface area contributed by atoms with Crippen LogP contribution in [0.3, 0.4) is 0 Å². The average molecular weight is 308 g/mol. The van der Waals surface area contributed by atoms with Crippen molar-refractivity contribution < 1.29 is 27.9 Å². The SMILES string of the molecule is O=C(O)[C@H]1C[C@H]1C(=O)Nc1cc(Cl)cc(C(F)(F)F)c1. The van der Waals surface area contributed by atoms with Gasteiger partial charge in [0, 0.05) is 10.7 Å². The molecule has 0 saturated heterocycles. The molecule has 1 saturated carbocycles. The van der Waals surface area contributed by atoms with E-state index in [4.69, 9.17) is 16.7 Å². The normalized spacial score (nSPS) is 21.4. The van der Waals surface area contributed by atoms with Gasteiger partial charge in [-0.1, -0.05) is 11.6 Å². The first kappa shape index (κ1) is 14.6. The topological polar surface area (TPSA) is 66.4 Å².